The van der Waals surface area contributed by atoms with E-state index in [2.05, 4.69) is 0 Å². The molecule has 0 radical (unpaired) electrons. The standard InChI is InChI=1S/C9H12O2/c1-3-4-8-5-6-11-9(10)7(8)2/h3-4H,5-6H2,1-2H3/b4-3-. The van der Waals surface area contributed by atoms with E-state index in [0.717, 1.165) is 17.6 Å². The molecule has 0 unspecified atom stereocenters. The van der Waals surface area contributed by atoms with Crippen molar-refractivity contribution in [3.8, 4) is 0 Å². The molecule has 0 saturated heterocycles. The second-order valence-corrected chi connectivity index (χ2v) is 2.54. The molecule has 0 amide bonds. The Morgan fingerprint density at radius 1 is 1.55 bits per heavy atom. The molecule has 2 heteroatoms. The lowest BCUT2D eigenvalue weighted by atomic mass is 10.0. The lowest BCUT2D eigenvalue weighted by Crippen LogP contribution is -2.14. The Bertz CT molecular complexity index is 224. The van der Waals surface area contributed by atoms with Crippen LogP contribution in [0, 0.1) is 0 Å². The van der Waals surface area contributed by atoms with E-state index in [1.165, 1.54) is 0 Å². The lowest BCUT2D eigenvalue weighted by Gasteiger charge is -2.14. The van der Waals surface area contributed by atoms with Gasteiger partial charge in [0.25, 0.3) is 0 Å². The van der Waals surface area contributed by atoms with Gasteiger partial charge in [-0.05, 0) is 19.4 Å². The Morgan fingerprint density at radius 2 is 2.27 bits per heavy atom. The highest BCUT2D eigenvalue weighted by molar-refractivity contribution is 5.90. The minimum Gasteiger partial charge on any atom is -0.462 e. The van der Waals surface area contributed by atoms with Crippen LogP contribution in [0.2, 0.25) is 0 Å². The van der Waals surface area contributed by atoms with Crippen molar-refractivity contribution in [1.82, 2.24) is 0 Å². The molecule has 0 aromatic rings. The van der Waals surface area contributed by atoms with E-state index in [-0.39, 0.29) is 5.97 Å². The minimum atomic E-state index is -0.177. The van der Waals surface area contributed by atoms with Crippen molar-refractivity contribution in [1.29, 1.82) is 0 Å². The van der Waals surface area contributed by atoms with Crippen LogP contribution in [-0.4, -0.2) is 12.6 Å². The van der Waals surface area contributed by atoms with Gasteiger partial charge < -0.3 is 4.74 Å². The van der Waals surface area contributed by atoms with Crippen LogP contribution in [0.1, 0.15) is 20.3 Å². The summed E-state index contributed by atoms with van der Waals surface area (Å²) in [7, 11) is 0. The van der Waals surface area contributed by atoms with Gasteiger partial charge >= 0.3 is 5.97 Å². The van der Waals surface area contributed by atoms with Crippen molar-refractivity contribution in [2.24, 2.45) is 0 Å². The molecule has 0 spiro atoms. The summed E-state index contributed by atoms with van der Waals surface area (Å²) in [4.78, 5) is 11.0. The summed E-state index contributed by atoms with van der Waals surface area (Å²) in [6.45, 7) is 4.27. The average Bonchev–Trinajstić information content (AvgIpc) is 1.99. The molecule has 60 valence electrons. The molecular weight excluding hydrogens is 140 g/mol. The molecule has 0 N–H and O–H groups in total. The van der Waals surface area contributed by atoms with Gasteiger partial charge in [0, 0.05) is 12.0 Å². The number of ether oxygens (including phenoxy) is 1. The highest BCUT2D eigenvalue weighted by Crippen LogP contribution is 2.17. The number of esters is 1. The predicted molar refractivity (Wildman–Crippen MR) is 43.1 cm³/mol. The van der Waals surface area contributed by atoms with Crippen LogP contribution in [0.3, 0.4) is 0 Å². The molecule has 11 heavy (non-hydrogen) atoms. The maximum atomic E-state index is 11.0. The van der Waals surface area contributed by atoms with Gasteiger partial charge in [0.05, 0.1) is 6.61 Å². The van der Waals surface area contributed by atoms with E-state index < -0.39 is 0 Å². The van der Waals surface area contributed by atoms with Crippen molar-refractivity contribution in [2.45, 2.75) is 20.3 Å². The summed E-state index contributed by atoms with van der Waals surface area (Å²) in [6, 6.07) is 0. The smallest absolute Gasteiger partial charge is 0.333 e. The Morgan fingerprint density at radius 3 is 2.91 bits per heavy atom. The summed E-state index contributed by atoms with van der Waals surface area (Å²) in [5.41, 5.74) is 1.85. The fraction of sp³-hybridized carbons (Fsp3) is 0.444. The largest absolute Gasteiger partial charge is 0.462 e. The molecule has 1 rings (SSSR count). The zero-order chi connectivity index (χ0) is 8.27. The molecule has 0 aliphatic carbocycles. The topological polar surface area (TPSA) is 26.3 Å². The van der Waals surface area contributed by atoms with Crippen LogP contribution in [0.5, 0.6) is 0 Å². The van der Waals surface area contributed by atoms with Gasteiger partial charge in [0.2, 0.25) is 0 Å². The van der Waals surface area contributed by atoms with Gasteiger partial charge in [-0.15, -0.1) is 0 Å². The molecule has 1 aliphatic rings. The third-order valence-electron chi connectivity index (χ3n) is 1.76. The van der Waals surface area contributed by atoms with Crippen molar-refractivity contribution in [3.63, 3.8) is 0 Å². The number of hydrogen-bond donors (Lipinski definition) is 0. The van der Waals surface area contributed by atoms with Gasteiger partial charge in [-0.1, -0.05) is 12.2 Å². The minimum absolute atomic E-state index is 0.177. The third kappa shape index (κ3) is 1.70. The highest BCUT2D eigenvalue weighted by Gasteiger charge is 2.15. The molecule has 0 atom stereocenters. The fourth-order valence-corrected chi connectivity index (χ4v) is 1.09. The molecule has 1 aliphatic heterocycles. The lowest BCUT2D eigenvalue weighted by molar-refractivity contribution is -0.139. The zero-order valence-electron chi connectivity index (χ0n) is 6.89. The summed E-state index contributed by atoms with van der Waals surface area (Å²) in [5, 5.41) is 0. The first-order valence-electron chi connectivity index (χ1n) is 3.75. The van der Waals surface area contributed by atoms with Crippen LogP contribution in [0.4, 0.5) is 0 Å². The number of rotatable bonds is 1. The van der Waals surface area contributed by atoms with E-state index in [1.807, 2.05) is 19.1 Å². The van der Waals surface area contributed by atoms with Crippen LogP contribution < -0.4 is 0 Å². The number of allylic oxidation sites excluding steroid dienone is 2. The van der Waals surface area contributed by atoms with Gasteiger partial charge in [-0.2, -0.15) is 0 Å². The maximum absolute atomic E-state index is 11.0. The molecule has 0 bridgehead atoms. The van der Waals surface area contributed by atoms with Crippen molar-refractivity contribution >= 4 is 5.97 Å². The Labute approximate surface area is 66.5 Å². The Hall–Kier alpha value is -1.05. The first-order valence-corrected chi connectivity index (χ1v) is 3.75. The second-order valence-electron chi connectivity index (χ2n) is 2.54. The molecule has 0 aromatic heterocycles. The number of hydrogen-bond acceptors (Lipinski definition) is 2. The van der Waals surface area contributed by atoms with Crippen molar-refractivity contribution < 1.29 is 9.53 Å². The summed E-state index contributed by atoms with van der Waals surface area (Å²) >= 11 is 0. The van der Waals surface area contributed by atoms with Crippen LogP contribution >= 0.6 is 0 Å². The van der Waals surface area contributed by atoms with Gasteiger partial charge in [-0.3, -0.25) is 0 Å². The SMILES string of the molecule is C/C=C\C1=C(C)C(=O)OCC1. The Kier molecular flexibility index (Phi) is 2.47. The zero-order valence-corrected chi connectivity index (χ0v) is 6.89. The van der Waals surface area contributed by atoms with Crippen LogP contribution in [-0.2, 0) is 9.53 Å². The number of carbonyl (C=O) groups is 1. The normalized spacial score (nSPS) is 19.3. The fourth-order valence-electron chi connectivity index (χ4n) is 1.09. The molecule has 1 heterocycles. The summed E-state index contributed by atoms with van der Waals surface area (Å²) in [6.07, 6.45) is 4.76. The first kappa shape index (κ1) is 8.05. The molecule has 0 fully saturated rings. The second kappa shape index (κ2) is 3.37. The van der Waals surface area contributed by atoms with E-state index in [1.54, 1.807) is 6.92 Å². The van der Waals surface area contributed by atoms with Crippen LogP contribution in [0.25, 0.3) is 0 Å². The maximum Gasteiger partial charge on any atom is 0.333 e. The van der Waals surface area contributed by atoms with E-state index in [4.69, 9.17) is 4.74 Å². The highest BCUT2D eigenvalue weighted by atomic mass is 16.5. The van der Waals surface area contributed by atoms with Gasteiger partial charge in [0.1, 0.15) is 0 Å². The number of cyclic esters (lactones) is 1. The van der Waals surface area contributed by atoms with Crippen molar-refractivity contribution in [2.75, 3.05) is 6.61 Å². The van der Waals surface area contributed by atoms with E-state index in [0.29, 0.717) is 6.61 Å². The molecule has 0 saturated carbocycles. The van der Waals surface area contributed by atoms with E-state index in [9.17, 15) is 4.79 Å². The summed E-state index contributed by atoms with van der Waals surface area (Å²) in [5.74, 6) is -0.177. The average molecular weight is 152 g/mol. The third-order valence-corrected chi connectivity index (χ3v) is 1.76. The Balaban J connectivity index is 2.88. The van der Waals surface area contributed by atoms with Crippen molar-refractivity contribution in [3.05, 3.63) is 23.3 Å². The molecule has 0 aromatic carbocycles. The quantitative estimate of drug-likeness (QED) is 0.536. The summed E-state index contributed by atoms with van der Waals surface area (Å²) < 4.78 is 4.84. The molecular formula is C9H12O2. The van der Waals surface area contributed by atoms with E-state index >= 15 is 0 Å². The molecule has 2 nitrogen and oxygen atoms in total. The monoisotopic (exact) mass is 152 g/mol. The first-order chi connectivity index (χ1) is 5.25. The van der Waals surface area contributed by atoms with Gasteiger partial charge in [0.15, 0.2) is 0 Å². The van der Waals surface area contributed by atoms with Crippen LogP contribution in [0.15, 0.2) is 23.3 Å². The predicted octanol–water partition coefficient (Wildman–Crippen LogP) is 1.83. The van der Waals surface area contributed by atoms with Gasteiger partial charge in [-0.25, -0.2) is 4.79 Å². The number of carbonyl (C=O) groups excluding carboxylic acids is 1.